The average molecular weight is 240 g/mol. The van der Waals surface area contributed by atoms with Gasteiger partial charge >= 0.3 is 0 Å². The van der Waals surface area contributed by atoms with E-state index in [0.29, 0.717) is 12.1 Å². The molecule has 3 nitrogen and oxygen atoms in total. The second-order valence-corrected chi connectivity index (χ2v) is 5.69. The van der Waals surface area contributed by atoms with Gasteiger partial charge in [0.25, 0.3) is 0 Å². The van der Waals surface area contributed by atoms with Crippen LogP contribution in [0, 0.1) is 5.92 Å². The molecule has 1 heterocycles. The Labute approximate surface area is 106 Å². The lowest BCUT2D eigenvalue weighted by atomic mass is 9.89. The lowest BCUT2D eigenvalue weighted by molar-refractivity contribution is -0.120. The Balaban J connectivity index is 2.52. The fraction of sp³-hybridized carbons (Fsp3) is 0.929. The summed E-state index contributed by atoms with van der Waals surface area (Å²) < 4.78 is 0. The van der Waals surface area contributed by atoms with Gasteiger partial charge in [-0.1, -0.05) is 19.8 Å². The first-order valence-corrected chi connectivity index (χ1v) is 7.04. The maximum absolute atomic E-state index is 11.2. The number of carbonyl (C=O) groups is 1. The fourth-order valence-electron chi connectivity index (χ4n) is 2.76. The molecule has 100 valence electrons. The van der Waals surface area contributed by atoms with E-state index in [1.54, 1.807) is 6.92 Å². The molecule has 0 saturated carbocycles. The number of nitrogens with one attached hydrogen (secondary N) is 1. The fourth-order valence-corrected chi connectivity index (χ4v) is 2.76. The van der Waals surface area contributed by atoms with Crippen molar-refractivity contribution >= 4 is 5.91 Å². The first-order valence-electron chi connectivity index (χ1n) is 7.04. The van der Waals surface area contributed by atoms with E-state index >= 15 is 0 Å². The van der Waals surface area contributed by atoms with Gasteiger partial charge in [-0.2, -0.15) is 0 Å². The van der Waals surface area contributed by atoms with E-state index in [4.69, 9.17) is 0 Å². The maximum atomic E-state index is 11.2. The van der Waals surface area contributed by atoms with Gasteiger partial charge in [0.05, 0.1) is 0 Å². The van der Waals surface area contributed by atoms with E-state index in [1.807, 2.05) is 0 Å². The van der Waals surface area contributed by atoms with Crippen LogP contribution in [0.5, 0.6) is 0 Å². The molecule has 0 radical (unpaired) electrons. The molecule has 0 aromatic heterocycles. The predicted octanol–water partition coefficient (Wildman–Crippen LogP) is 2.41. The first kappa shape index (κ1) is 14.5. The number of carbonyl (C=O) groups excluding carboxylic acids is 1. The van der Waals surface area contributed by atoms with Gasteiger partial charge in [0.1, 0.15) is 0 Å². The van der Waals surface area contributed by atoms with Gasteiger partial charge in [0, 0.05) is 32.1 Å². The Kier molecular flexibility index (Phi) is 5.96. The maximum Gasteiger partial charge on any atom is 0.217 e. The van der Waals surface area contributed by atoms with Crippen molar-refractivity contribution in [1.29, 1.82) is 0 Å². The van der Waals surface area contributed by atoms with Crippen LogP contribution in [0.25, 0.3) is 0 Å². The van der Waals surface area contributed by atoms with Crippen LogP contribution in [-0.4, -0.2) is 36.0 Å². The van der Waals surface area contributed by atoms with E-state index < -0.39 is 0 Å². The predicted molar refractivity (Wildman–Crippen MR) is 71.9 cm³/mol. The van der Waals surface area contributed by atoms with Crippen molar-refractivity contribution in [2.75, 3.05) is 13.1 Å². The quantitative estimate of drug-likeness (QED) is 0.800. The minimum absolute atomic E-state index is 0.106. The standard InChI is InChI=1S/C14H28N2O/c1-5-6-7-13-8-14(15-12(4)17)10-16(9-13)11(2)3/h11,13-14H,5-10H2,1-4H3,(H,15,17). The summed E-state index contributed by atoms with van der Waals surface area (Å²) in [5, 5.41) is 3.09. The van der Waals surface area contributed by atoms with E-state index in [-0.39, 0.29) is 5.91 Å². The Morgan fingerprint density at radius 3 is 2.65 bits per heavy atom. The number of hydrogen-bond donors (Lipinski definition) is 1. The molecule has 1 rings (SSSR count). The van der Waals surface area contributed by atoms with Crippen LogP contribution in [-0.2, 0) is 4.79 Å². The van der Waals surface area contributed by atoms with Gasteiger partial charge in [0.15, 0.2) is 0 Å². The van der Waals surface area contributed by atoms with Gasteiger partial charge in [-0.05, 0) is 32.6 Å². The second kappa shape index (κ2) is 7.00. The molecule has 17 heavy (non-hydrogen) atoms. The molecule has 1 aliphatic heterocycles. The lowest BCUT2D eigenvalue weighted by Gasteiger charge is -2.40. The molecule has 0 aromatic rings. The highest BCUT2D eigenvalue weighted by molar-refractivity contribution is 5.73. The van der Waals surface area contributed by atoms with Gasteiger partial charge in [0.2, 0.25) is 5.91 Å². The van der Waals surface area contributed by atoms with Gasteiger partial charge < -0.3 is 5.32 Å². The van der Waals surface area contributed by atoms with Crippen molar-refractivity contribution in [3.8, 4) is 0 Å². The van der Waals surface area contributed by atoms with E-state index in [0.717, 1.165) is 18.9 Å². The highest BCUT2D eigenvalue weighted by Gasteiger charge is 2.28. The molecule has 0 spiro atoms. The van der Waals surface area contributed by atoms with E-state index in [2.05, 4.69) is 31.0 Å². The zero-order valence-corrected chi connectivity index (χ0v) is 11.8. The molecule has 2 unspecified atom stereocenters. The molecule has 3 heteroatoms. The third-order valence-electron chi connectivity index (χ3n) is 3.67. The summed E-state index contributed by atoms with van der Waals surface area (Å²) in [6.07, 6.45) is 5.03. The number of piperidine rings is 1. The second-order valence-electron chi connectivity index (χ2n) is 5.69. The smallest absolute Gasteiger partial charge is 0.217 e. The molecule has 1 fully saturated rings. The summed E-state index contributed by atoms with van der Waals surface area (Å²) in [7, 11) is 0. The SMILES string of the molecule is CCCCC1CC(NC(C)=O)CN(C(C)C)C1. The van der Waals surface area contributed by atoms with Crippen LogP contribution in [0.2, 0.25) is 0 Å². The zero-order chi connectivity index (χ0) is 12.8. The van der Waals surface area contributed by atoms with Crippen LogP contribution in [0.4, 0.5) is 0 Å². The summed E-state index contributed by atoms with van der Waals surface area (Å²) >= 11 is 0. The topological polar surface area (TPSA) is 32.3 Å². The van der Waals surface area contributed by atoms with Crippen molar-refractivity contribution in [3.63, 3.8) is 0 Å². The van der Waals surface area contributed by atoms with Crippen molar-refractivity contribution < 1.29 is 4.79 Å². The Morgan fingerprint density at radius 2 is 2.12 bits per heavy atom. The van der Waals surface area contributed by atoms with Crippen LogP contribution in [0.1, 0.15) is 53.4 Å². The minimum Gasteiger partial charge on any atom is -0.352 e. The summed E-state index contributed by atoms with van der Waals surface area (Å²) in [6.45, 7) is 10.6. The number of hydrogen-bond acceptors (Lipinski definition) is 2. The Hall–Kier alpha value is -0.570. The zero-order valence-electron chi connectivity index (χ0n) is 11.8. The number of nitrogens with zero attached hydrogens (tertiary/aromatic N) is 1. The first-order chi connectivity index (χ1) is 8.02. The van der Waals surface area contributed by atoms with Crippen LogP contribution in [0.3, 0.4) is 0 Å². The summed E-state index contributed by atoms with van der Waals surface area (Å²) in [4.78, 5) is 13.7. The largest absolute Gasteiger partial charge is 0.352 e. The van der Waals surface area contributed by atoms with Crippen molar-refractivity contribution in [1.82, 2.24) is 10.2 Å². The van der Waals surface area contributed by atoms with Gasteiger partial charge in [-0.3, -0.25) is 9.69 Å². The molecule has 1 aliphatic rings. The molecule has 0 bridgehead atoms. The lowest BCUT2D eigenvalue weighted by Crippen LogP contribution is -2.52. The highest BCUT2D eigenvalue weighted by Crippen LogP contribution is 2.23. The van der Waals surface area contributed by atoms with Crippen molar-refractivity contribution in [3.05, 3.63) is 0 Å². The third-order valence-corrected chi connectivity index (χ3v) is 3.67. The summed E-state index contributed by atoms with van der Waals surface area (Å²) in [5.41, 5.74) is 0. The number of amides is 1. The van der Waals surface area contributed by atoms with Crippen molar-refractivity contribution in [2.24, 2.45) is 5.92 Å². The average Bonchev–Trinajstić information content (AvgIpc) is 2.25. The number of rotatable bonds is 5. The highest BCUT2D eigenvalue weighted by atomic mass is 16.1. The summed E-state index contributed by atoms with van der Waals surface area (Å²) in [5.74, 6) is 0.859. The van der Waals surface area contributed by atoms with Crippen molar-refractivity contribution in [2.45, 2.75) is 65.5 Å². The monoisotopic (exact) mass is 240 g/mol. The molecular weight excluding hydrogens is 212 g/mol. The molecule has 1 amide bonds. The number of unbranched alkanes of at least 4 members (excludes halogenated alkanes) is 1. The van der Waals surface area contributed by atoms with E-state index in [1.165, 1.54) is 25.8 Å². The molecule has 0 aromatic carbocycles. The Bertz CT molecular complexity index is 240. The van der Waals surface area contributed by atoms with Crippen LogP contribution < -0.4 is 5.32 Å². The molecule has 1 N–H and O–H groups in total. The van der Waals surface area contributed by atoms with Crippen LogP contribution in [0.15, 0.2) is 0 Å². The molecular formula is C14H28N2O. The normalized spacial score (nSPS) is 26.2. The third kappa shape index (κ3) is 5.07. The number of likely N-dealkylation sites (tertiary alicyclic amines) is 1. The molecule has 0 aliphatic carbocycles. The van der Waals surface area contributed by atoms with Crippen LogP contribution >= 0.6 is 0 Å². The van der Waals surface area contributed by atoms with Gasteiger partial charge in [-0.25, -0.2) is 0 Å². The molecule has 2 atom stereocenters. The summed E-state index contributed by atoms with van der Waals surface area (Å²) in [6, 6.07) is 0.932. The van der Waals surface area contributed by atoms with E-state index in [9.17, 15) is 4.79 Å². The van der Waals surface area contributed by atoms with Gasteiger partial charge in [-0.15, -0.1) is 0 Å². The molecule has 1 saturated heterocycles. The minimum atomic E-state index is 0.106. The Morgan fingerprint density at radius 1 is 1.41 bits per heavy atom.